The van der Waals surface area contributed by atoms with Gasteiger partial charge < -0.3 is 14.6 Å². The number of amides is 1. The lowest BCUT2D eigenvalue weighted by atomic mass is 9.83. The van der Waals surface area contributed by atoms with Gasteiger partial charge in [-0.1, -0.05) is 20.3 Å². The number of aromatic nitrogens is 1. The summed E-state index contributed by atoms with van der Waals surface area (Å²) in [5, 5.41) is 0. The van der Waals surface area contributed by atoms with Crippen molar-refractivity contribution >= 4 is 17.7 Å². The topological polar surface area (TPSA) is 79.5 Å². The molecule has 0 aliphatic heterocycles. The lowest BCUT2D eigenvalue weighted by molar-refractivity contribution is -0.139. The zero-order valence-corrected chi connectivity index (χ0v) is 18.1. The van der Waals surface area contributed by atoms with Crippen molar-refractivity contribution in [3.05, 3.63) is 22.5 Å². The van der Waals surface area contributed by atoms with E-state index in [0.29, 0.717) is 35.0 Å². The van der Waals surface area contributed by atoms with Crippen LogP contribution in [0.5, 0.6) is 0 Å². The number of rotatable bonds is 9. The van der Waals surface area contributed by atoms with E-state index in [2.05, 4.69) is 18.8 Å². The van der Waals surface area contributed by atoms with E-state index in [9.17, 15) is 14.4 Å². The lowest BCUT2D eigenvalue weighted by Crippen LogP contribution is -2.48. The SMILES string of the molecule is CCOC(=O)c1[nH]c(C)c(C(=O)C(C)N(CCC(C)C)C(=O)C2CCC2)c1C. The summed E-state index contributed by atoms with van der Waals surface area (Å²) in [7, 11) is 0. The molecule has 28 heavy (non-hydrogen) atoms. The fourth-order valence-corrected chi connectivity index (χ4v) is 3.66. The summed E-state index contributed by atoms with van der Waals surface area (Å²) in [6, 6.07) is -0.560. The monoisotopic (exact) mass is 390 g/mol. The van der Waals surface area contributed by atoms with Gasteiger partial charge in [0.25, 0.3) is 0 Å². The predicted molar refractivity (Wildman–Crippen MR) is 109 cm³/mol. The van der Waals surface area contributed by atoms with Crippen molar-refractivity contribution in [2.75, 3.05) is 13.2 Å². The highest BCUT2D eigenvalue weighted by atomic mass is 16.5. The van der Waals surface area contributed by atoms with Gasteiger partial charge in [-0.3, -0.25) is 9.59 Å². The van der Waals surface area contributed by atoms with E-state index in [-0.39, 0.29) is 24.2 Å². The van der Waals surface area contributed by atoms with E-state index in [1.54, 1.807) is 32.6 Å². The Morgan fingerprint density at radius 2 is 1.82 bits per heavy atom. The lowest BCUT2D eigenvalue weighted by Gasteiger charge is -2.35. The van der Waals surface area contributed by atoms with Crippen LogP contribution in [0.3, 0.4) is 0 Å². The van der Waals surface area contributed by atoms with Crippen LogP contribution in [0.4, 0.5) is 0 Å². The average Bonchev–Trinajstić information content (AvgIpc) is 2.87. The molecule has 1 aromatic heterocycles. The second kappa shape index (κ2) is 9.39. The van der Waals surface area contributed by atoms with E-state index >= 15 is 0 Å². The van der Waals surface area contributed by atoms with E-state index in [4.69, 9.17) is 4.74 Å². The number of aryl methyl sites for hydroxylation is 1. The van der Waals surface area contributed by atoms with Crippen LogP contribution in [0.1, 0.15) is 85.5 Å². The van der Waals surface area contributed by atoms with Crippen LogP contribution in [-0.4, -0.2) is 46.7 Å². The third kappa shape index (κ3) is 4.65. The Bertz CT molecular complexity index is 731. The molecule has 1 unspecified atom stereocenters. The third-order valence-electron chi connectivity index (χ3n) is 5.70. The molecule has 1 heterocycles. The van der Waals surface area contributed by atoms with Gasteiger partial charge >= 0.3 is 5.97 Å². The summed E-state index contributed by atoms with van der Waals surface area (Å²) in [6.07, 6.45) is 3.76. The Kier molecular flexibility index (Phi) is 7.44. The highest BCUT2D eigenvalue weighted by molar-refractivity contribution is 6.06. The molecule has 6 heteroatoms. The first kappa shape index (κ1) is 22.2. The number of H-pyrrole nitrogens is 1. The minimum Gasteiger partial charge on any atom is -0.461 e. The first-order valence-corrected chi connectivity index (χ1v) is 10.4. The first-order chi connectivity index (χ1) is 13.2. The van der Waals surface area contributed by atoms with Gasteiger partial charge in [-0.05, 0) is 58.4 Å². The first-order valence-electron chi connectivity index (χ1n) is 10.4. The van der Waals surface area contributed by atoms with Gasteiger partial charge in [0, 0.05) is 23.7 Å². The molecule has 0 aromatic carbocycles. The third-order valence-corrected chi connectivity index (χ3v) is 5.70. The number of ether oxygens (including phenoxy) is 1. The number of carbonyl (C=O) groups excluding carboxylic acids is 3. The van der Waals surface area contributed by atoms with Crippen LogP contribution >= 0.6 is 0 Å². The summed E-state index contributed by atoms with van der Waals surface area (Å²) in [4.78, 5) is 43.2. The van der Waals surface area contributed by atoms with Crippen LogP contribution in [0.15, 0.2) is 0 Å². The maximum Gasteiger partial charge on any atom is 0.355 e. The Morgan fingerprint density at radius 3 is 2.32 bits per heavy atom. The Hall–Kier alpha value is -2.11. The zero-order chi connectivity index (χ0) is 21.0. The number of carbonyl (C=O) groups is 3. The molecule has 1 saturated carbocycles. The summed E-state index contributed by atoms with van der Waals surface area (Å²) in [6.45, 7) is 12.2. The molecule has 1 aliphatic carbocycles. The van der Waals surface area contributed by atoms with Gasteiger partial charge in [0.2, 0.25) is 5.91 Å². The number of nitrogens with one attached hydrogen (secondary N) is 1. The largest absolute Gasteiger partial charge is 0.461 e. The molecule has 0 spiro atoms. The number of aromatic amines is 1. The molecule has 156 valence electrons. The molecule has 6 nitrogen and oxygen atoms in total. The van der Waals surface area contributed by atoms with Crippen molar-refractivity contribution < 1.29 is 19.1 Å². The van der Waals surface area contributed by atoms with Crippen LogP contribution < -0.4 is 0 Å². The Morgan fingerprint density at radius 1 is 1.18 bits per heavy atom. The summed E-state index contributed by atoms with van der Waals surface area (Å²) in [5.74, 6) is -0.00416. The maximum atomic E-state index is 13.3. The molecule has 2 rings (SSSR count). The molecule has 0 bridgehead atoms. The maximum absolute atomic E-state index is 13.3. The zero-order valence-electron chi connectivity index (χ0n) is 18.1. The number of hydrogen-bond donors (Lipinski definition) is 1. The van der Waals surface area contributed by atoms with Crippen molar-refractivity contribution in [1.82, 2.24) is 9.88 Å². The molecular weight excluding hydrogens is 356 g/mol. The number of hydrogen-bond acceptors (Lipinski definition) is 4. The van der Waals surface area contributed by atoms with Gasteiger partial charge in [0.05, 0.1) is 12.6 Å². The van der Waals surface area contributed by atoms with E-state index in [0.717, 1.165) is 25.7 Å². The van der Waals surface area contributed by atoms with Crippen LogP contribution in [-0.2, 0) is 9.53 Å². The molecule has 0 radical (unpaired) electrons. The number of esters is 1. The van der Waals surface area contributed by atoms with E-state index in [1.807, 2.05) is 0 Å². The second-order valence-electron chi connectivity index (χ2n) is 8.23. The minimum absolute atomic E-state index is 0.0472. The fraction of sp³-hybridized carbons (Fsp3) is 0.682. The van der Waals surface area contributed by atoms with Crippen LogP contribution in [0, 0.1) is 25.7 Å². The van der Waals surface area contributed by atoms with E-state index in [1.165, 1.54) is 0 Å². The smallest absolute Gasteiger partial charge is 0.355 e. The molecule has 1 amide bonds. The average molecular weight is 391 g/mol. The Balaban J connectivity index is 2.28. The van der Waals surface area contributed by atoms with E-state index < -0.39 is 12.0 Å². The highest BCUT2D eigenvalue weighted by Gasteiger charge is 2.35. The second-order valence-corrected chi connectivity index (χ2v) is 8.23. The van der Waals surface area contributed by atoms with Crippen molar-refractivity contribution in [3.63, 3.8) is 0 Å². The van der Waals surface area contributed by atoms with Crippen LogP contribution in [0.25, 0.3) is 0 Å². The van der Waals surface area contributed by atoms with Gasteiger partial charge in [-0.2, -0.15) is 0 Å². The number of nitrogens with zero attached hydrogens (tertiary/aromatic N) is 1. The summed E-state index contributed by atoms with van der Waals surface area (Å²) in [5.41, 5.74) is 2.03. The fourth-order valence-electron chi connectivity index (χ4n) is 3.66. The molecule has 1 aliphatic rings. The number of Topliss-reactive ketones (excluding diaryl/α,β-unsaturated/α-hetero) is 1. The molecule has 0 saturated heterocycles. The van der Waals surface area contributed by atoms with Gasteiger partial charge in [0.1, 0.15) is 5.69 Å². The predicted octanol–water partition coefficient (Wildman–Crippen LogP) is 4.05. The van der Waals surface area contributed by atoms with Gasteiger partial charge in [-0.15, -0.1) is 0 Å². The number of ketones is 1. The highest BCUT2D eigenvalue weighted by Crippen LogP contribution is 2.30. The molecule has 1 fully saturated rings. The van der Waals surface area contributed by atoms with Crippen molar-refractivity contribution in [2.24, 2.45) is 11.8 Å². The molecule has 1 N–H and O–H groups in total. The summed E-state index contributed by atoms with van der Waals surface area (Å²) >= 11 is 0. The van der Waals surface area contributed by atoms with Crippen molar-refractivity contribution in [3.8, 4) is 0 Å². The van der Waals surface area contributed by atoms with Crippen LogP contribution in [0.2, 0.25) is 0 Å². The van der Waals surface area contributed by atoms with Gasteiger partial charge in [0.15, 0.2) is 5.78 Å². The Labute approximate surface area is 168 Å². The molecule has 1 atom stereocenters. The normalized spacial score (nSPS) is 15.2. The molecule has 1 aromatic rings. The van der Waals surface area contributed by atoms with Crippen molar-refractivity contribution in [2.45, 2.75) is 73.3 Å². The summed E-state index contributed by atoms with van der Waals surface area (Å²) < 4.78 is 5.08. The molecular formula is C22H34N2O4. The quantitative estimate of drug-likeness (QED) is 0.509. The van der Waals surface area contributed by atoms with Crippen molar-refractivity contribution in [1.29, 1.82) is 0 Å². The van der Waals surface area contributed by atoms with Gasteiger partial charge in [-0.25, -0.2) is 4.79 Å². The minimum atomic E-state index is -0.560. The standard InChI is InChI=1S/C22H34N2O4/c1-7-28-22(27)19-14(4)18(15(5)23-19)20(25)16(6)24(12-11-13(2)3)21(26)17-9-8-10-17/h13,16-17,23H,7-12H2,1-6H3.